The van der Waals surface area contributed by atoms with Crippen molar-refractivity contribution in [2.24, 2.45) is 7.05 Å². The van der Waals surface area contributed by atoms with E-state index < -0.39 is 6.04 Å². The summed E-state index contributed by atoms with van der Waals surface area (Å²) in [5.41, 5.74) is 1.63. The molecule has 1 saturated heterocycles. The van der Waals surface area contributed by atoms with Gasteiger partial charge in [-0.25, -0.2) is 4.79 Å². The van der Waals surface area contributed by atoms with E-state index in [1.165, 1.54) is 9.13 Å². The lowest BCUT2D eigenvalue weighted by Crippen LogP contribution is -2.41. The van der Waals surface area contributed by atoms with Gasteiger partial charge in [0.2, 0.25) is 5.91 Å². The monoisotopic (exact) mass is 273 g/mol. The third-order valence-corrected chi connectivity index (χ3v) is 3.82. The minimum absolute atomic E-state index is 0.120. The molecule has 1 aromatic heterocycles. The predicted molar refractivity (Wildman–Crippen MR) is 73.8 cm³/mol. The third kappa shape index (κ3) is 1.76. The van der Waals surface area contributed by atoms with Crippen LogP contribution in [0.15, 0.2) is 23.0 Å². The van der Waals surface area contributed by atoms with Crippen LogP contribution >= 0.6 is 0 Å². The third-order valence-electron chi connectivity index (χ3n) is 3.82. The molecule has 0 bridgehead atoms. The van der Waals surface area contributed by atoms with Gasteiger partial charge in [0.1, 0.15) is 12.3 Å². The first-order valence-electron chi connectivity index (χ1n) is 6.57. The highest BCUT2D eigenvalue weighted by Crippen LogP contribution is 2.22. The molecule has 1 atom stereocenters. The molecule has 0 radical (unpaired) electrons. The van der Waals surface area contributed by atoms with Gasteiger partial charge in [-0.2, -0.15) is 0 Å². The fourth-order valence-electron chi connectivity index (χ4n) is 2.76. The second kappa shape index (κ2) is 4.63. The van der Waals surface area contributed by atoms with Crippen LogP contribution < -0.4 is 11.0 Å². The number of aromatic nitrogens is 2. The summed E-state index contributed by atoms with van der Waals surface area (Å²) in [6.45, 7) is 0.657. The van der Waals surface area contributed by atoms with E-state index in [-0.39, 0.29) is 11.6 Å². The molecule has 2 aromatic rings. The number of aryl methyl sites for hydroxylation is 1. The van der Waals surface area contributed by atoms with Crippen molar-refractivity contribution in [2.75, 3.05) is 6.54 Å². The molecule has 1 N–H and O–H groups in total. The Morgan fingerprint density at radius 2 is 2.10 bits per heavy atom. The van der Waals surface area contributed by atoms with E-state index in [2.05, 4.69) is 5.32 Å². The summed E-state index contributed by atoms with van der Waals surface area (Å²) in [4.78, 5) is 35.2. The van der Waals surface area contributed by atoms with Crippen LogP contribution in [0.3, 0.4) is 0 Å². The van der Waals surface area contributed by atoms with Crippen molar-refractivity contribution in [3.63, 3.8) is 0 Å². The molecule has 1 unspecified atom stereocenters. The Morgan fingerprint density at radius 3 is 2.80 bits per heavy atom. The van der Waals surface area contributed by atoms with Crippen molar-refractivity contribution >= 4 is 23.2 Å². The largest absolute Gasteiger partial charge is 0.354 e. The maximum atomic E-state index is 12.4. The van der Waals surface area contributed by atoms with Gasteiger partial charge in [0.15, 0.2) is 0 Å². The molecule has 0 aliphatic carbocycles. The fraction of sp³-hybridized carbons (Fsp3) is 0.357. The molecule has 0 spiro atoms. The predicted octanol–water partition coefficient (Wildman–Crippen LogP) is 0.604. The summed E-state index contributed by atoms with van der Waals surface area (Å²) in [6.07, 6.45) is 2.25. The van der Waals surface area contributed by atoms with Crippen LogP contribution in [-0.4, -0.2) is 27.9 Å². The van der Waals surface area contributed by atoms with E-state index in [9.17, 15) is 14.4 Å². The zero-order chi connectivity index (χ0) is 14.3. The Bertz CT molecular complexity index is 757. The number of carbonyl (C=O) groups excluding carboxylic acids is 2. The first-order chi connectivity index (χ1) is 9.63. The minimum atomic E-state index is -0.470. The summed E-state index contributed by atoms with van der Waals surface area (Å²) < 4.78 is 3.00. The molecular formula is C14H15N3O3. The summed E-state index contributed by atoms with van der Waals surface area (Å²) in [7, 11) is 1.65. The van der Waals surface area contributed by atoms with Crippen LogP contribution in [0, 0.1) is 0 Å². The molecule has 1 amide bonds. The van der Waals surface area contributed by atoms with E-state index in [1.54, 1.807) is 25.2 Å². The molecule has 1 aromatic carbocycles. The van der Waals surface area contributed by atoms with E-state index in [4.69, 9.17) is 0 Å². The molecule has 1 fully saturated rings. The topological polar surface area (TPSA) is 73.1 Å². The molecule has 0 saturated carbocycles. The Hall–Kier alpha value is -2.37. The summed E-state index contributed by atoms with van der Waals surface area (Å²) in [5.74, 6) is -0.120. The number of nitrogens with one attached hydrogen (secondary N) is 1. The second-order valence-electron chi connectivity index (χ2n) is 5.03. The number of imidazole rings is 1. The van der Waals surface area contributed by atoms with E-state index in [1.807, 2.05) is 0 Å². The van der Waals surface area contributed by atoms with E-state index in [0.29, 0.717) is 29.6 Å². The van der Waals surface area contributed by atoms with Gasteiger partial charge in [-0.15, -0.1) is 0 Å². The zero-order valence-electron chi connectivity index (χ0n) is 11.1. The van der Waals surface area contributed by atoms with Gasteiger partial charge in [-0.1, -0.05) is 0 Å². The molecule has 2 heterocycles. The van der Waals surface area contributed by atoms with Gasteiger partial charge >= 0.3 is 5.69 Å². The van der Waals surface area contributed by atoms with E-state index >= 15 is 0 Å². The van der Waals surface area contributed by atoms with Crippen molar-refractivity contribution < 1.29 is 9.59 Å². The summed E-state index contributed by atoms with van der Waals surface area (Å²) >= 11 is 0. The number of amides is 1. The molecule has 1 aliphatic rings. The van der Waals surface area contributed by atoms with Crippen molar-refractivity contribution in [1.82, 2.24) is 14.5 Å². The van der Waals surface area contributed by atoms with Gasteiger partial charge in [0.05, 0.1) is 11.0 Å². The SMILES string of the molecule is Cn1c(=O)n(C2CCCNC2=O)c2ccc(C=O)cc21. The van der Waals surface area contributed by atoms with Crippen LogP contribution in [0.4, 0.5) is 0 Å². The molecule has 20 heavy (non-hydrogen) atoms. The van der Waals surface area contributed by atoms with Crippen LogP contribution in [0.5, 0.6) is 0 Å². The van der Waals surface area contributed by atoms with Crippen LogP contribution in [-0.2, 0) is 11.8 Å². The number of nitrogens with zero attached hydrogens (tertiary/aromatic N) is 2. The van der Waals surface area contributed by atoms with Crippen molar-refractivity contribution in [3.8, 4) is 0 Å². The number of fused-ring (bicyclic) bond motifs is 1. The maximum Gasteiger partial charge on any atom is 0.329 e. The molecule has 104 valence electrons. The highest BCUT2D eigenvalue weighted by molar-refractivity contribution is 5.88. The second-order valence-corrected chi connectivity index (χ2v) is 5.03. The normalized spacial score (nSPS) is 19.1. The van der Waals surface area contributed by atoms with Crippen molar-refractivity contribution in [1.29, 1.82) is 0 Å². The average molecular weight is 273 g/mol. The molecule has 6 heteroatoms. The highest BCUT2D eigenvalue weighted by Gasteiger charge is 2.27. The number of carbonyl (C=O) groups is 2. The Balaban J connectivity index is 2.25. The average Bonchev–Trinajstić information content (AvgIpc) is 2.71. The van der Waals surface area contributed by atoms with Crippen LogP contribution in [0.1, 0.15) is 29.2 Å². The van der Waals surface area contributed by atoms with Gasteiger partial charge in [-0.05, 0) is 31.0 Å². The lowest BCUT2D eigenvalue weighted by molar-refractivity contribution is -0.125. The summed E-state index contributed by atoms with van der Waals surface area (Å²) in [5, 5.41) is 2.79. The molecule has 3 rings (SSSR count). The highest BCUT2D eigenvalue weighted by atomic mass is 16.2. The number of hydrogen-bond acceptors (Lipinski definition) is 3. The minimum Gasteiger partial charge on any atom is -0.354 e. The molecule has 1 aliphatic heterocycles. The van der Waals surface area contributed by atoms with Gasteiger partial charge in [0.25, 0.3) is 0 Å². The number of aldehydes is 1. The van der Waals surface area contributed by atoms with Gasteiger partial charge in [-0.3, -0.25) is 18.7 Å². The maximum absolute atomic E-state index is 12.4. The number of rotatable bonds is 2. The Morgan fingerprint density at radius 1 is 1.30 bits per heavy atom. The van der Waals surface area contributed by atoms with E-state index in [0.717, 1.165) is 12.7 Å². The number of benzene rings is 1. The van der Waals surface area contributed by atoms with Crippen LogP contribution in [0.2, 0.25) is 0 Å². The number of piperidine rings is 1. The first-order valence-corrected chi connectivity index (χ1v) is 6.57. The van der Waals surface area contributed by atoms with Gasteiger partial charge < -0.3 is 5.32 Å². The Labute approximate surface area is 115 Å². The van der Waals surface area contributed by atoms with Crippen molar-refractivity contribution in [3.05, 3.63) is 34.2 Å². The molecular weight excluding hydrogens is 258 g/mol. The standard InChI is InChI=1S/C14H15N3O3/c1-16-12-7-9(8-18)4-5-10(12)17(14(16)20)11-3-2-6-15-13(11)19/h4-5,7-8,11H,2-3,6H2,1H3,(H,15,19). The summed E-state index contributed by atoms with van der Waals surface area (Å²) in [6, 6.07) is 4.58. The fourth-order valence-corrected chi connectivity index (χ4v) is 2.76. The van der Waals surface area contributed by atoms with Crippen molar-refractivity contribution in [2.45, 2.75) is 18.9 Å². The van der Waals surface area contributed by atoms with Crippen LogP contribution in [0.25, 0.3) is 11.0 Å². The lowest BCUT2D eigenvalue weighted by atomic mass is 10.1. The van der Waals surface area contributed by atoms with Gasteiger partial charge in [0, 0.05) is 19.2 Å². The first kappa shape index (κ1) is 12.7. The molecule has 6 nitrogen and oxygen atoms in total. The Kier molecular flexibility index (Phi) is 2.93. The quantitative estimate of drug-likeness (QED) is 0.814. The zero-order valence-corrected chi connectivity index (χ0v) is 11.1. The lowest BCUT2D eigenvalue weighted by Gasteiger charge is -2.22. The number of hydrogen-bond donors (Lipinski definition) is 1. The smallest absolute Gasteiger partial charge is 0.329 e.